The third kappa shape index (κ3) is 1.88. The van der Waals surface area contributed by atoms with E-state index in [2.05, 4.69) is 4.99 Å². The van der Waals surface area contributed by atoms with Crippen LogP contribution in [0.4, 0.5) is 0 Å². The summed E-state index contributed by atoms with van der Waals surface area (Å²) in [6.07, 6.45) is 4.20. The Balaban J connectivity index is 2.67. The van der Waals surface area contributed by atoms with Crippen LogP contribution >= 0.6 is 11.6 Å². The molecule has 0 aliphatic heterocycles. The van der Waals surface area contributed by atoms with Crippen LogP contribution in [0.15, 0.2) is 17.1 Å². The first-order valence-electron chi connectivity index (χ1n) is 5.68. The maximum absolute atomic E-state index is 10.7. The smallest absolute Gasteiger partial charge is 0.235 e. The molecule has 0 amide bonds. The van der Waals surface area contributed by atoms with Crippen molar-refractivity contribution in [2.75, 3.05) is 14.2 Å². The van der Waals surface area contributed by atoms with Crippen molar-refractivity contribution in [2.45, 2.75) is 24.8 Å². The highest BCUT2D eigenvalue weighted by Crippen LogP contribution is 2.53. The van der Waals surface area contributed by atoms with Crippen LogP contribution in [0.2, 0.25) is 5.02 Å². The highest BCUT2D eigenvalue weighted by molar-refractivity contribution is 6.32. The zero-order chi connectivity index (χ0) is 13.2. The Hall–Kier alpha value is -1.51. The lowest BCUT2D eigenvalue weighted by Gasteiger charge is -2.38. The summed E-state index contributed by atoms with van der Waals surface area (Å²) in [4.78, 5) is 14.6. The second-order valence-electron chi connectivity index (χ2n) is 4.25. The van der Waals surface area contributed by atoms with E-state index < -0.39 is 5.54 Å². The molecule has 0 spiro atoms. The highest BCUT2D eigenvalue weighted by atomic mass is 35.5. The standard InChI is InChI=1S/C13H14ClNO3/c1-17-10-5-4-9(14)12(18-2)11(10)13(15-8-16)6-3-7-13/h4-5H,3,6-7H2,1-2H3. The Kier molecular flexibility index (Phi) is 3.60. The van der Waals surface area contributed by atoms with E-state index in [-0.39, 0.29) is 0 Å². The summed E-state index contributed by atoms with van der Waals surface area (Å²) in [6.45, 7) is 0. The van der Waals surface area contributed by atoms with Gasteiger partial charge in [-0.25, -0.2) is 4.79 Å². The first kappa shape index (κ1) is 12.9. The van der Waals surface area contributed by atoms with Crippen LogP contribution in [-0.2, 0) is 10.3 Å². The van der Waals surface area contributed by atoms with Crippen molar-refractivity contribution in [1.29, 1.82) is 0 Å². The van der Waals surface area contributed by atoms with E-state index >= 15 is 0 Å². The van der Waals surface area contributed by atoms with Crippen LogP contribution in [0.3, 0.4) is 0 Å². The van der Waals surface area contributed by atoms with Gasteiger partial charge in [0.2, 0.25) is 6.08 Å². The van der Waals surface area contributed by atoms with E-state index in [0.717, 1.165) is 24.8 Å². The Morgan fingerprint density at radius 3 is 2.50 bits per heavy atom. The van der Waals surface area contributed by atoms with Crippen molar-refractivity contribution >= 4 is 17.7 Å². The van der Waals surface area contributed by atoms with E-state index in [1.165, 1.54) is 0 Å². The molecule has 1 aliphatic carbocycles. The number of rotatable bonds is 4. The lowest BCUT2D eigenvalue weighted by atomic mass is 9.71. The molecule has 1 aromatic rings. The summed E-state index contributed by atoms with van der Waals surface area (Å²) in [6, 6.07) is 3.47. The van der Waals surface area contributed by atoms with Gasteiger partial charge < -0.3 is 9.47 Å². The first-order valence-corrected chi connectivity index (χ1v) is 6.06. The van der Waals surface area contributed by atoms with Crippen LogP contribution in [-0.4, -0.2) is 20.3 Å². The lowest BCUT2D eigenvalue weighted by molar-refractivity contribution is 0.236. The summed E-state index contributed by atoms with van der Waals surface area (Å²) >= 11 is 6.12. The average molecular weight is 268 g/mol. The molecule has 1 aromatic carbocycles. The molecule has 0 bridgehead atoms. The summed E-state index contributed by atoms with van der Waals surface area (Å²) < 4.78 is 10.7. The fraction of sp³-hybridized carbons (Fsp3) is 0.462. The van der Waals surface area contributed by atoms with Gasteiger partial charge in [0.15, 0.2) is 0 Å². The number of halogens is 1. The molecule has 4 nitrogen and oxygen atoms in total. The molecule has 0 saturated heterocycles. The van der Waals surface area contributed by atoms with E-state index in [1.807, 2.05) is 0 Å². The fourth-order valence-corrected chi connectivity index (χ4v) is 2.60. The second kappa shape index (κ2) is 5.01. The molecule has 0 radical (unpaired) electrons. The molecule has 0 unspecified atom stereocenters. The maximum Gasteiger partial charge on any atom is 0.235 e. The van der Waals surface area contributed by atoms with Gasteiger partial charge in [0.25, 0.3) is 0 Å². The second-order valence-corrected chi connectivity index (χ2v) is 4.65. The molecule has 0 atom stereocenters. The van der Waals surface area contributed by atoms with E-state index in [9.17, 15) is 4.79 Å². The molecule has 0 N–H and O–H groups in total. The number of nitrogens with zero attached hydrogens (tertiary/aromatic N) is 1. The van der Waals surface area contributed by atoms with Gasteiger partial charge >= 0.3 is 0 Å². The normalized spacial score (nSPS) is 16.4. The molecular weight excluding hydrogens is 254 g/mol. The van der Waals surface area contributed by atoms with E-state index in [4.69, 9.17) is 21.1 Å². The predicted molar refractivity (Wildman–Crippen MR) is 68.2 cm³/mol. The van der Waals surface area contributed by atoms with Gasteiger partial charge in [-0.3, -0.25) is 0 Å². The summed E-state index contributed by atoms with van der Waals surface area (Å²) in [5.41, 5.74) is 0.151. The van der Waals surface area contributed by atoms with Crippen molar-refractivity contribution in [2.24, 2.45) is 4.99 Å². The van der Waals surface area contributed by atoms with Crippen LogP contribution in [0, 0.1) is 0 Å². The Bertz CT molecular complexity index is 505. The van der Waals surface area contributed by atoms with Gasteiger partial charge in [-0.05, 0) is 31.4 Å². The topological polar surface area (TPSA) is 47.9 Å². The van der Waals surface area contributed by atoms with Crippen LogP contribution in [0.25, 0.3) is 0 Å². The van der Waals surface area contributed by atoms with Crippen molar-refractivity contribution in [3.63, 3.8) is 0 Å². The van der Waals surface area contributed by atoms with Crippen LogP contribution in [0.5, 0.6) is 11.5 Å². The Labute approximate surface area is 111 Å². The Morgan fingerprint density at radius 2 is 2.06 bits per heavy atom. The van der Waals surface area contributed by atoms with Gasteiger partial charge in [-0.2, -0.15) is 4.99 Å². The van der Waals surface area contributed by atoms with Crippen molar-refractivity contribution in [3.8, 4) is 11.5 Å². The monoisotopic (exact) mass is 267 g/mol. The highest BCUT2D eigenvalue weighted by Gasteiger charge is 2.44. The Morgan fingerprint density at radius 1 is 1.33 bits per heavy atom. The minimum atomic E-state index is -0.594. The SMILES string of the molecule is COc1ccc(Cl)c(OC)c1C1(N=C=O)CCC1. The molecule has 0 aromatic heterocycles. The van der Waals surface area contributed by atoms with Gasteiger partial charge in [0.05, 0.1) is 24.8 Å². The van der Waals surface area contributed by atoms with Gasteiger partial charge in [0, 0.05) is 0 Å². The molecule has 96 valence electrons. The van der Waals surface area contributed by atoms with Crippen molar-refractivity contribution in [3.05, 3.63) is 22.7 Å². The first-order chi connectivity index (χ1) is 8.68. The molecule has 1 fully saturated rings. The third-order valence-corrected chi connectivity index (χ3v) is 3.70. The number of aliphatic imine (C=N–C) groups is 1. The lowest BCUT2D eigenvalue weighted by Crippen LogP contribution is -2.33. The van der Waals surface area contributed by atoms with Crippen molar-refractivity contribution in [1.82, 2.24) is 0 Å². The van der Waals surface area contributed by atoms with E-state index in [0.29, 0.717) is 16.5 Å². The summed E-state index contributed by atoms with van der Waals surface area (Å²) in [5, 5.41) is 0.487. The van der Waals surface area contributed by atoms with Crippen LogP contribution < -0.4 is 9.47 Å². The number of hydrogen-bond donors (Lipinski definition) is 0. The molecule has 5 heteroatoms. The summed E-state index contributed by atoms with van der Waals surface area (Å²) in [7, 11) is 3.12. The average Bonchev–Trinajstić information content (AvgIpc) is 2.33. The summed E-state index contributed by atoms with van der Waals surface area (Å²) in [5.74, 6) is 1.16. The molecule has 1 saturated carbocycles. The fourth-order valence-electron chi connectivity index (χ4n) is 2.37. The number of ether oxygens (including phenoxy) is 2. The zero-order valence-electron chi connectivity index (χ0n) is 10.3. The molecule has 0 heterocycles. The molecule has 1 aliphatic rings. The zero-order valence-corrected chi connectivity index (χ0v) is 11.1. The van der Waals surface area contributed by atoms with Gasteiger partial charge in [-0.1, -0.05) is 11.6 Å². The van der Waals surface area contributed by atoms with Crippen LogP contribution in [0.1, 0.15) is 24.8 Å². The van der Waals surface area contributed by atoms with E-state index in [1.54, 1.807) is 32.4 Å². The molecular formula is C13H14ClNO3. The predicted octanol–water partition coefficient (Wildman–Crippen LogP) is 3.07. The number of methoxy groups -OCH3 is 2. The quantitative estimate of drug-likeness (QED) is 0.622. The minimum absolute atomic E-state index is 0.487. The maximum atomic E-state index is 10.7. The largest absolute Gasteiger partial charge is 0.496 e. The number of carbonyl (C=O) groups excluding carboxylic acids is 1. The molecule has 18 heavy (non-hydrogen) atoms. The van der Waals surface area contributed by atoms with Crippen molar-refractivity contribution < 1.29 is 14.3 Å². The molecule has 2 rings (SSSR count). The van der Waals surface area contributed by atoms with Gasteiger partial charge in [0.1, 0.15) is 17.0 Å². The number of benzene rings is 1. The number of hydrogen-bond acceptors (Lipinski definition) is 4. The minimum Gasteiger partial charge on any atom is -0.496 e. The van der Waals surface area contributed by atoms with Gasteiger partial charge in [-0.15, -0.1) is 0 Å². The third-order valence-electron chi connectivity index (χ3n) is 3.40. The number of isocyanates is 1.